The van der Waals surface area contributed by atoms with Gasteiger partial charge in [0.1, 0.15) is 17.2 Å². The van der Waals surface area contributed by atoms with Gasteiger partial charge in [-0.15, -0.1) is 0 Å². The quantitative estimate of drug-likeness (QED) is 0.564. The van der Waals surface area contributed by atoms with Gasteiger partial charge in [-0.05, 0) is 24.3 Å². The molecule has 4 nitrogen and oxygen atoms in total. The first-order valence-corrected chi connectivity index (χ1v) is 7.46. The van der Waals surface area contributed by atoms with Crippen LogP contribution in [-0.2, 0) is 0 Å². The fraction of sp³-hybridized carbons (Fsp3) is 0.176. The van der Waals surface area contributed by atoms with Gasteiger partial charge in [-0.1, -0.05) is 28.1 Å². The van der Waals surface area contributed by atoms with Crippen LogP contribution in [0.2, 0.25) is 0 Å². The van der Waals surface area contributed by atoms with Crippen molar-refractivity contribution in [2.75, 3.05) is 14.2 Å². The molecule has 0 saturated heterocycles. The van der Waals surface area contributed by atoms with Gasteiger partial charge in [-0.25, -0.2) is 0 Å². The Balaban J connectivity index is 2.06. The minimum Gasteiger partial charge on any atom is -0.497 e. The molecule has 0 aliphatic rings. The highest BCUT2D eigenvalue weighted by Crippen LogP contribution is 2.31. The van der Waals surface area contributed by atoms with Crippen molar-refractivity contribution in [1.29, 1.82) is 0 Å². The molecule has 2 aromatic rings. The number of methoxy groups -OCH3 is 2. The molecule has 22 heavy (non-hydrogen) atoms. The second-order valence-corrected chi connectivity index (χ2v) is 5.40. The average molecular weight is 362 g/mol. The zero-order valence-corrected chi connectivity index (χ0v) is 14.0. The molecular weight excluding hydrogens is 346 g/mol. The molecule has 0 unspecified atom stereocenters. The Bertz CT molecular complexity index is 681. The molecular formula is C17H16BrNO3. The van der Waals surface area contributed by atoms with Crippen LogP contribution < -0.4 is 9.47 Å². The monoisotopic (exact) mass is 361 g/mol. The van der Waals surface area contributed by atoms with E-state index in [0.717, 1.165) is 4.47 Å². The smallest absolute Gasteiger partial charge is 0.168 e. The first-order valence-electron chi connectivity index (χ1n) is 6.67. The van der Waals surface area contributed by atoms with Crippen LogP contribution in [0.5, 0.6) is 11.5 Å². The number of hydrogen-bond donors (Lipinski definition) is 0. The standard InChI is InChI=1S/C17H16BrNO3/c1-21-14-7-8-15(17(11-14)22-2)19-10-9-16(20)12-3-5-13(18)6-4-12/h3-8,10-11H,9H2,1-2H3. The third kappa shape index (κ3) is 4.18. The second-order valence-electron chi connectivity index (χ2n) is 4.48. The fourth-order valence-corrected chi connectivity index (χ4v) is 2.14. The van der Waals surface area contributed by atoms with E-state index in [4.69, 9.17) is 9.47 Å². The van der Waals surface area contributed by atoms with Gasteiger partial charge in [0.2, 0.25) is 0 Å². The first-order chi connectivity index (χ1) is 10.6. The molecule has 5 heteroatoms. The summed E-state index contributed by atoms with van der Waals surface area (Å²) in [5, 5.41) is 0. The number of carbonyl (C=O) groups is 1. The number of Topliss-reactive ketones (excluding diaryl/α,β-unsaturated/α-hetero) is 1. The van der Waals surface area contributed by atoms with Gasteiger partial charge in [0.25, 0.3) is 0 Å². The van der Waals surface area contributed by atoms with Crippen LogP contribution in [0, 0.1) is 0 Å². The lowest BCUT2D eigenvalue weighted by atomic mass is 10.1. The van der Waals surface area contributed by atoms with E-state index in [-0.39, 0.29) is 12.2 Å². The largest absolute Gasteiger partial charge is 0.497 e. The lowest BCUT2D eigenvalue weighted by Gasteiger charge is -2.06. The topological polar surface area (TPSA) is 47.9 Å². The molecule has 0 N–H and O–H groups in total. The Kier molecular flexibility index (Phi) is 5.72. The average Bonchev–Trinajstić information content (AvgIpc) is 2.55. The summed E-state index contributed by atoms with van der Waals surface area (Å²) in [6.45, 7) is 0. The van der Waals surface area contributed by atoms with Gasteiger partial charge in [0.15, 0.2) is 5.78 Å². The van der Waals surface area contributed by atoms with Crippen LogP contribution in [0.1, 0.15) is 16.8 Å². The minimum atomic E-state index is 0.0173. The van der Waals surface area contributed by atoms with Gasteiger partial charge >= 0.3 is 0 Å². The highest BCUT2D eigenvalue weighted by Gasteiger charge is 2.05. The van der Waals surface area contributed by atoms with Gasteiger partial charge in [0, 0.05) is 28.7 Å². The molecule has 0 aromatic heterocycles. The van der Waals surface area contributed by atoms with E-state index < -0.39 is 0 Å². The van der Waals surface area contributed by atoms with Crippen molar-refractivity contribution in [1.82, 2.24) is 0 Å². The number of halogens is 1. The van der Waals surface area contributed by atoms with Crippen LogP contribution >= 0.6 is 15.9 Å². The van der Waals surface area contributed by atoms with Gasteiger partial charge < -0.3 is 9.47 Å². The highest BCUT2D eigenvalue weighted by molar-refractivity contribution is 9.10. The molecule has 0 aliphatic heterocycles. The minimum absolute atomic E-state index is 0.0173. The van der Waals surface area contributed by atoms with Crippen LogP contribution in [0.4, 0.5) is 5.69 Å². The number of aliphatic imine (C=N–C) groups is 1. The summed E-state index contributed by atoms with van der Waals surface area (Å²) in [5.41, 5.74) is 1.32. The predicted molar refractivity (Wildman–Crippen MR) is 90.8 cm³/mol. The summed E-state index contributed by atoms with van der Waals surface area (Å²) in [6.07, 6.45) is 1.82. The zero-order valence-electron chi connectivity index (χ0n) is 12.4. The van der Waals surface area contributed by atoms with Crippen molar-refractivity contribution in [3.05, 3.63) is 52.5 Å². The van der Waals surface area contributed by atoms with Gasteiger partial charge in [-0.2, -0.15) is 0 Å². The molecule has 0 spiro atoms. The third-order valence-electron chi connectivity index (χ3n) is 3.06. The Hall–Kier alpha value is -2.14. The fourth-order valence-electron chi connectivity index (χ4n) is 1.87. The summed E-state index contributed by atoms with van der Waals surface area (Å²) in [6, 6.07) is 12.6. The Labute approximate surface area is 137 Å². The molecule has 2 rings (SSSR count). The Morgan fingerprint density at radius 3 is 2.50 bits per heavy atom. The lowest BCUT2D eigenvalue weighted by molar-refractivity contribution is 0.100. The molecule has 2 aromatic carbocycles. The van der Waals surface area contributed by atoms with Crippen LogP contribution in [-0.4, -0.2) is 26.2 Å². The van der Waals surface area contributed by atoms with E-state index >= 15 is 0 Å². The molecule has 0 fully saturated rings. The zero-order chi connectivity index (χ0) is 15.9. The predicted octanol–water partition coefficient (Wildman–Crippen LogP) is 4.44. The van der Waals surface area contributed by atoms with Crippen molar-refractivity contribution < 1.29 is 14.3 Å². The van der Waals surface area contributed by atoms with Crippen LogP contribution in [0.3, 0.4) is 0 Å². The van der Waals surface area contributed by atoms with Crippen molar-refractivity contribution >= 4 is 33.6 Å². The Morgan fingerprint density at radius 2 is 1.86 bits per heavy atom. The number of ether oxygens (including phenoxy) is 2. The summed E-state index contributed by atoms with van der Waals surface area (Å²) < 4.78 is 11.3. The number of ketones is 1. The maximum absolute atomic E-state index is 12.0. The number of rotatable bonds is 6. The molecule has 0 radical (unpaired) electrons. The number of carbonyl (C=O) groups excluding carboxylic acids is 1. The van der Waals surface area contributed by atoms with E-state index in [1.54, 1.807) is 50.8 Å². The van der Waals surface area contributed by atoms with Crippen molar-refractivity contribution in [3.63, 3.8) is 0 Å². The van der Waals surface area contributed by atoms with Gasteiger partial charge in [0.05, 0.1) is 14.2 Å². The van der Waals surface area contributed by atoms with Crippen molar-refractivity contribution in [2.24, 2.45) is 4.99 Å². The summed E-state index contributed by atoms with van der Waals surface area (Å²) in [7, 11) is 3.16. The summed E-state index contributed by atoms with van der Waals surface area (Å²) >= 11 is 3.34. The lowest BCUT2D eigenvalue weighted by Crippen LogP contribution is -1.99. The second kappa shape index (κ2) is 7.75. The highest BCUT2D eigenvalue weighted by atomic mass is 79.9. The number of hydrogen-bond acceptors (Lipinski definition) is 4. The molecule has 0 amide bonds. The van der Waals surface area contributed by atoms with E-state index in [9.17, 15) is 4.79 Å². The SMILES string of the molecule is COc1ccc(N=CCC(=O)c2ccc(Br)cc2)c(OC)c1. The van der Waals surface area contributed by atoms with E-state index in [1.165, 1.54) is 0 Å². The van der Waals surface area contributed by atoms with Crippen molar-refractivity contribution in [2.45, 2.75) is 6.42 Å². The van der Waals surface area contributed by atoms with Crippen LogP contribution in [0.15, 0.2) is 51.9 Å². The van der Waals surface area contributed by atoms with E-state index in [1.807, 2.05) is 12.1 Å². The molecule has 0 heterocycles. The van der Waals surface area contributed by atoms with E-state index in [2.05, 4.69) is 20.9 Å². The first kappa shape index (κ1) is 16.2. The molecule has 114 valence electrons. The van der Waals surface area contributed by atoms with Crippen molar-refractivity contribution in [3.8, 4) is 11.5 Å². The summed E-state index contributed by atoms with van der Waals surface area (Å²) in [4.78, 5) is 16.3. The van der Waals surface area contributed by atoms with Gasteiger partial charge in [-0.3, -0.25) is 9.79 Å². The molecule has 0 bridgehead atoms. The van der Waals surface area contributed by atoms with E-state index in [0.29, 0.717) is 22.7 Å². The maximum atomic E-state index is 12.0. The number of nitrogens with zero attached hydrogens (tertiary/aromatic N) is 1. The third-order valence-corrected chi connectivity index (χ3v) is 3.59. The molecule has 0 saturated carbocycles. The van der Waals surface area contributed by atoms with Crippen LogP contribution in [0.25, 0.3) is 0 Å². The Morgan fingerprint density at radius 1 is 1.14 bits per heavy atom. The summed E-state index contributed by atoms with van der Waals surface area (Å²) in [5.74, 6) is 1.32. The molecule has 0 aliphatic carbocycles. The normalized spacial score (nSPS) is 10.7. The number of benzene rings is 2. The molecule has 0 atom stereocenters. The maximum Gasteiger partial charge on any atom is 0.168 e.